The number of nitrogen functional groups attached to an aromatic ring is 1. The predicted octanol–water partition coefficient (Wildman–Crippen LogP) is 3.42. The van der Waals surface area contributed by atoms with E-state index in [-0.39, 0.29) is 18.8 Å². The molecule has 2 aromatic carbocycles. The van der Waals surface area contributed by atoms with Gasteiger partial charge in [0.25, 0.3) is 5.75 Å². The van der Waals surface area contributed by atoms with Crippen LogP contribution in [0.15, 0.2) is 24.3 Å². The Morgan fingerprint density at radius 2 is 1.46 bits per heavy atom. The monoisotopic (exact) mass is 389 g/mol. The van der Waals surface area contributed by atoms with Gasteiger partial charge in [0.05, 0.1) is 23.1 Å². The summed E-state index contributed by atoms with van der Waals surface area (Å²) >= 11 is 0. The molecule has 10 nitrogen and oxygen atoms in total. The van der Waals surface area contributed by atoms with Crippen molar-refractivity contribution in [3.8, 4) is 11.5 Å². The fourth-order valence-electron chi connectivity index (χ4n) is 2.69. The molecule has 148 valence electrons. The quantitative estimate of drug-likeness (QED) is 0.312. The van der Waals surface area contributed by atoms with Gasteiger partial charge in [0.15, 0.2) is 11.4 Å². The Balaban J connectivity index is 2.95. The van der Waals surface area contributed by atoms with Gasteiger partial charge in [-0.05, 0) is 20.8 Å². The zero-order valence-electron chi connectivity index (χ0n) is 15.6. The molecule has 0 aliphatic rings. The third kappa shape index (κ3) is 3.70. The van der Waals surface area contributed by atoms with Gasteiger partial charge in [-0.1, -0.05) is 29.8 Å². The smallest absolute Gasteiger partial charge is 0.344 e. The lowest BCUT2D eigenvalue weighted by Gasteiger charge is -2.16. The number of nitrogens with two attached hydrogens (primary N) is 1. The summed E-state index contributed by atoms with van der Waals surface area (Å²) in [6.07, 6.45) is 0. The molecule has 10 heteroatoms. The largest absolute Gasteiger partial charge is 0.490 e. The number of hydrogen-bond acceptors (Lipinski definition) is 8. The molecule has 0 aromatic heterocycles. The van der Waals surface area contributed by atoms with Gasteiger partial charge in [-0.3, -0.25) is 25.0 Å². The van der Waals surface area contributed by atoms with Gasteiger partial charge in [-0.15, -0.1) is 0 Å². The first-order chi connectivity index (χ1) is 13.2. The van der Waals surface area contributed by atoms with Gasteiger partial charge in [-0.25, -0.2) is 0 Å². The first-order valence-electron chi connectivity index (χ1n) is 8.39. The SMILES string of the molecule is CCOc1c(N)c([N+](=O)[O-])c(OCC)c([N+](=O)[O-])c1C(=O)c1ccc(C)cc1. The molecule has 0 atom stereocenters. The van der Waals surface area contributed by atoms with Gasteiger partial charge >= 0.3 is 11.4 Å². The maximum absolute atomic E-state index is 13.1. The van der Waals surface area contributed by atoms with Crippen LogP contribution in [0.1, 0.15) is 35.3 Å². The Hall–Kier alpha value is -3.69. The lowest BCUT2D eigenvalue weighted by molar-refractivity contribution is -0.395. The molecular weight excluding hydrogens is 370 g/mol. The van der Waals surface area contributed by atoms with Crippen molar-refractivity contribution in [1.29, 1.82) is 0 Å². The van der Waals surface area contributed by atoms with Crippen molar-refractivity contribution >= 4 is 22.8 Å². The molecule has 0 saturated carbocycles. The van der Waals surface area contributed by atoms with E-state index in [1.165, 1.54) is 19.1 Å². The van der Waals surface area contributed by atoms with Crippen molar-refractivity contribution in [3.63, 3.8) is 0 Å². The summed E-state index contributed by atoms with van der Waals surface area (Å²) in [5.74, 6) is -1.83. The highest BCUT2D eigenvalue weighted by atomic mass is 16.6. The first kappa shape index (κ1) is 20.6. The van der Waals surface area contributed by atoms with E-state index in [0.717, 1.165) is 5.56 Å². The van der Waals surface area contributed by atoms with E-state index in [1.807, 2.05) is 6.92 Å². The molecule has 0 heterocycles. The van der Waals surface area contributed by atoms with E-state index in [1.54, 1.807) is 19.1 Å². The average molecular weight is 389 g/mol. The summed E-state index contributed by atoms with van der Waals surface area (Å²) in [6.45, 7) is 4.77. The third-order valence-electron chi connectivity index (χ3n) is 3.88. The molecule has 0 fully saturated rings. The number of hydrogen-bond donors (Lipinski definition) is 1. The number of benzene rings is 2. The molecule has 2 aromatic rings. The fraction of sp³-hybridized carbons (Fsp3) is 0.278. The van der Waals surface area contributed by atoms with Gasteiger partial charge < -0.3 is 15.2 Å². The van der Waals surface area contributed by atoms with Crippen LogP contribution < -0.4 is 15.2 Å². The molecule has 0 unspecified atom stereocenters. The number of carbonyl (C=O) groups is 1. The highest BCUT2D eigenvalue weighted by molar-refractivity contribution is 6.16. The topological polar surface area (TPSA) is 148 Å². The van der Waals surface area contributed by atoms with E-state index in [4.69, 9.17) is 15.2 Å². The maximum Gasteiger partial charge on any atom is 0.344 e. The van der Waals surface area contributed by atoms with E-state index in [0.29, 0.717) is 0 Å². The predicted molar refractivity (Wildman–Crippen MR) is 101 cm³/mol. The summed E-state index contributed by atoms with van der Waals surface area (Å²) in [4.78, 5) is 34.6. The highest BCUT2D eigenvalue weighted by Crippen LogP contribution is 2.50. The number of anilines is 1. The molecule has 0 aliphatic heterocycles. The summed E-state index contributed by atoms with van der Waals surface area (Å²) in [5.41, 5.74) is 4.27. The van der Waals surface area contributed by atoms with E-state index in [2.05, 4.69) is 0 Å². The van der Waals surface area contributed by atoms with Gasteiger partial charge in [-0.2, -0.15) is 0 Å². The Morgan fingerprint density at radius 3 is 1.93 bits per heavy atom. The maximum atomic E-state index is 13.1. The minimum Gasteiger partial charge on any atom is -0.490 e. The van der Waals surface area contributed by atoms with Gasteiger partial charge in [0.1, 0.15) is 5.56 Å². The standard InChI is InChI=1S/C18H19N3O7/c1-4-27-17-12(16(22)11-8-6-10(3)7-9-11)14(20(23)24)18(28-5-2)15(13(17)19)21(25)26/h6-9H,4-5,19H2,1-3H3. The molecule has 0 aliphatic carbocycles. The molecule has 0 bridgehead atoms. The second-order valence-electron chi connectivity index (χ2n) is 5.72. The van der Waals surface area contributed by atoms with E-state index < -0.39 is 49.8 Å². The lowest BCUT2D eigenvalue weighted by Crippen LogP contribution is -2.14. The molecule has 28 heavy (non-hydrogen) atoms. The van der Waals surface area contributed by atoms with Crippen molar-refractivity contribution in [1.82, 2.24) is 0 Å². The number of carbonyl (C=O) groups excluding carboxylic acids is 1. The van der Waals surface area contributed by atoms with Crippen molar-refractivity contribution in [2.75, 3.05) is 18.9 Å². The lowest BCUT2D eigenvalue weighted by atomic mass is 9.97. The number of ketones is 1. The van der Waals surface area contributed by atoms with E-state index >= 15 is 0 Å². The van der Waals surface area contributed by atoms with Crippen molar-refractivity contribution in [2.24, 2.45) is 0 Å². The number of ether oxygens (including phenoxy) is 2. The first-order valence-corrected chi connectivity index (χ1v) is 8.39. The van der Waals surface area contributed by atoms with Crippen LogP contribution in [0.3, 0.4) is 0 Å². The minimum atomic E-state index is -0.901. The Kier molecular flexibility index (Phi) is 6.14. The number of nitro benzene ring substituents is 2. The van der Waals surface area contributed by atoms with Crippen LogP contribution in [0, 0.1) is 27.2 Å². The van der Waals surface area contributed by atoms with Crippen LogP contribution >= 0.6 is 0 Å². The van der Waals surface area contributed by atoms with Crippen LogP contribution in [-0.4, -0.2) is 28.8 Å². The minimum absolute atomic E-state index is 0.0132. The molecular formula is C18H19N3O7. The average Bonchev–Trinajstić information content (AvgIpc) is 2.63. The second-order valence-corrected chi connectivity index (χ2v) is 5.72. The van der Waals surface area contributed by atoms with Crippen molar-refractivity contribution in [2.45, 2.75) is 20.8 Å². The third-order valence-corrected chi connectivity index (χ3v) is 3.88. The Morgan fingerprint density at radius 1 is 0.964 bits per heavy atom. The summed E-state index contributed by atoms with van der Waals surface area (Å²) < 4.78 is 10.5. The fourth-order valence-corrected chi connectivity index (χ4v) is 2.69. The number of nitrogens with zero attached hydrogens (tertiary/aromatic N) is 2. The summed E-state index contributed by atoms with van der Waals surface area (Å²) in [5, 5.41) is 23.3. The Bertz CT molecular complexity index is 939. The van der Waals surface area contributed by atoms with Crippen LogP contribution in [0.25, 0.3) is 0 Å². The number of nitro groups is 2. The molecule has 2 N–H and O–H groups in total. The number of aryl methyl sites for hydroxylation is 1. The highest BCUT2D eigenvalue weighted by Gasteiger charge is 2.41. The molecule has 0 amide bonds. The summed E-state index contributed by atoms with van der Waals surface area (Å²) in [7, 11) is 0. The van der Waals surface area contributed by atoms with Crippen LogP contribution in [0.2, 0.25) is 0 Å². The van der Waals surface area contributed by atoms with Crippen LogP contribution in [0.4, 0.5) is 17.1 Å². The zero-order valence-corrected chi connectivity index (χ0v) is 15.6. The van der Waals surface area contributed by atoms with Gasteiger partial charge in [0, 0.05) is 5.56 Å². The molecule has 2 rings (SSSR count). The second kappa shape index (κ2) is 8.33. The van der Waals surface area contributed by atoms with E-state index in [9.17, 15) is 25.0 Å². The van der Waals surface area contributed by atoms with Crippen LogP contribution in [-0.2, 0) is 0 Å². The zero-order chi connectivity index (χ0) is 21.0. The number of rotatable bonds is 8. The van der Waals surface area contributed by atoms with Crippen molar-refractivity contribution < 1.29 is 24.1 Å². The molecule has 0 saturated heterocycles. The van der Waals surface area contributed by atoms with Crippen LogP contribution in [0.5, 0.6) is 11.5 Å². The van der Waals surface area contributed by atoms with Gasteiger partial charge in [0.2, 0.25) is 5.78 Å². The summed E-state index contributed by atoms with van der Waals surface area (Å²) in [6, 6.07) is 6.32. The normalized spacial score (nSPS) is 10.4. The molecule has 0 spiro atoms. The Labute approximate surface area is 160 Å². The van der Waals surface area contributed by atoms with Crippen molar-refractivity contribution in [3.05, 3.63) is 61.2 Å². The molecule has 0 radical (unpaired) electrons.